The topological polar surface area (TPSA) is 111 Å². The highest BCUT2D eigenvalue weighted by Crippen LogP contribution is 2.43. The highest BCUT2D eigenvalue weighted by atomic mass is 31.2. The minimum absolute atomic E-state index is 0.0292. The van der Waals surface area contributed by atoms with Gasteiger partial charge in [-0.3, -0.25) is 18.6 Å². The lowest BCUT2D eigenvalue weighted by Crippen LogP contribution is -2.47. The van der Waals surface area contributed by atoms with Crippen LogP contribution >= 0.6 is 7.82 Å². The summed E-state index contributed by atoms with van der Waals surface area (Å²) in [4.78, 5) is 37.7. The first-order chi connectivity index (χ1) is 36.9. The molecular formula is C66H118N2O7P+. The molecule has 0 bridgehead atoms. The lowest BCUT2D eigenvalue weighted by molar-refractivity contribution is -0.870. The molecule has 2 N–H and O–H groups in total. The highest BCUT2D eigenvalue weighted by molar-refractivity contribution is 7.47. The molecular weight excluding hydrogens is 964 g/mol. The number of hydrogen-bond acceptors (Lipinski definition) is 6. The maximum atomic E-state index is 13.5. The molecule has 10 heteroatoms. The number of likely N-dealkylation sites (N-methyl/N-ethyl adjacent to an activating group) is 1. The SMILES string of the molecule is CC/C=C/C/C=C/C/C=C/CCCCCCC(=O)NC(COP(=O)(O)OCC[N+](C)(C)C)C(/C=C\CCCCCCCCCCCCC)OC(=O)CCCCCCCCC/C=C\C/C=C\C/C=C\C/C=C\CCCCC. The van der Waals surface area contributed by atoms with E-state index >= 15 is 0 Å². The van der Waals surface area contributed by atoms with Crippen molar-refractivity contribution in [1.82, 2.24) is 5.32 Å². The van der Waals surface area contributed by atoms with E-state index in [0.717, 1.165) is 116 Å². The Balaban J connectivity index is 5.29. The number of ether oxygens (including phenoxy) is 1. The average molecular weight is 1080 g/mol. The second-order valence-electron chi connectivity index (χ2n) is 21.8. The molecule has 0 aromatic heterocycles. The summed E-state index contributed by atoms with van der Waals surface area (Å²) in [6, 6.07) is -0.870. The molecule has 0 aromatic carbocycles. The molecule has 3 unspecified atom stereocenters. The summed E-state index contributed by atoms with van der Waals surface area (Å²) in [5.74, 6) is -0.546. The summed E-state index contributed by atoms with van der Waals surface area (Å²) in [6.07, 6.45) is 74.0. The summed E-state index contributed by atoms with van der Waals surface area (Å²) in [7, 11) is 1.46. The molecule has 438 valence electrons. The van der Waals surface area contributed by atoms with Crippen LogP contribution in [0.5, 0.6) is 0 Å². The van der Waals surface area contributed by atoms with E-state index in [-0.39, 0.29) is 31.5 Å². The number of phosphoric acid groups is 1. The largest absolute Gasteiger partial charge is 0.472 e. The first-order valence-corrected chi connectivity index (χ1v) is 32.6. The first-order valence-electron chi connectivity index (χ1n) is 31.1. The fourth-order valence-electron chi connectivity index (χ4n) is 8.47. The van der Waals surface area contributed by atoms with Gasteiger partial charge < -0.3 is 19.4 Å². The van der Waals surface area contributed by atoms with Crippen LogP contribution in [0.1, 0.15) is 258 Å². The van der Waals surface area contributed by atoms with Gasteiger partial charge in [0.1, 0.15) is 19.3 Å². The molecule has 0 spiro atoms. The standard InChI is InChI=1S/C66H117N2O7P/c1-7-10-13-16-19-22-25-28-30-31-32-33-34-35-36-37-38-41-44-47-50-53-56-59-66(70)75-64(57-54-51-48-45-42-39-27-24-21-18-15-12-9-3)63(62-74-76(71,72)73-61-60-68(4,5)6)67-65(69)58-55-52-49-46-43-40-29-26-23-20-17-14-11-8-2/h11,14,19-20,22-23,28-30,32-33,35-36,40,54,57,63-64H,7-10,12-13,15-18,21,24-27,31,34,37-39,41-53,55-56,58-62H2,1-6H3,(H-,67,69,71,72)/p+1/b14-11+,22-19-,23-20+,30-28-,33-32-,36-35-,40-29+,57-54-. The highest BCUT2D eigenvalue weighted by Gasteiger charge is 2.30. The number of nitrogens with zero attached hydrogens (tertiary/aromatic N) is 1. The Kier molecular flexibility index (Phi) is 53.0. The quantitative estimate of drug-likeness (QED) is 0.0205. The van der Waals surface area contributed by atoms with Crippen molar-refractivity contribution in [2.75, 3.05) is 40.9 Å². The van der Waals surface area contributed by atoms with Crippen LogP contribution in [0.25, 0.3) is 0 Å². The lowest BCUT2D eigenvalue weighted by Gasteiger charge is -2.27. The molecule has 76 heavy (non-hydrogen) atoms. The average Bonchev–Trinajstić information content (AvgIpc) is 3.38. The molecule has 0 aliphatic carbocycles. The Labute approximate surface area is 468 Å². The van der Waals surface area contributed by atoms with E-state index in [9.17, 15) is 19.0 Å². The Bertz CT molecular complexity index is 1620. The van der Waals surface area contributed by atoms with Gasteiger partial charge >= 0.3 is 13.8 Å². The second-order valence-corrected chi connectivity index (χ2v) is 23.3. The van der Waals surface area contributed by atoms with Gasteiger partial charge in [0.2, 0.25) is 5.91 Å². The number of phosphoric ester groups is 1. The lowest BCUT2D eigenvalue weighted by atomic mass is 10.0. The number of esters is 1. The number of rotatable bonds is 55. The van der Waals surface area contributed by atoms with Gasteiger partial charge in [0.25, 0.3) is 0 Å². The van der Waals surface area contributed by atoms with E-state index in [0.29, 0.717) is 23.9 Å². The van der Waals surface area contributed by atoms with Crippen molar-refractivity contribution in [3.05, 3.63) is 97.2 Å². The number of unbranched alkanes of at least 4 members (excludes halogenated alkanes) is 25. The van der Waals surface area contributed by atoms with Crippen molar-refractivity contribution < 1.29 is 37.3 Å². The molecule has 0 rings (SSSR count). The fraction of sp³-hybridized carbons (Fsp3) is 0.727. The van der Waals surface area contributed by atoms with Crippen LogP contribution in [-0.2, 0) is 27.9 Å². The Morgan fingerprint density at radius 2 is 0.842 bits per heavy atom. The monoisotopic (exact) mass is 1080 g/mol. The zero-order valence-electron chi connectivity index (χ0n) is 50.0. The predicted molar refractivity (Wildman–Crippen MR) is 327 cm³/mol. The number of amides is 1. The van der Waals surface area contributed by atoms with Gasteiger partial charge in [-0.1, -0.05) is 234 Å². The van der Waals surface area contributed by atoms with E-state index in [1.54, 1.807) is 0 Å². The maximum Gasteiger partial charge on any atom is 0.472 e. The van der Waals surface area contributed by atoms with E-state index in [2.05, 4.69) is 111 Å². The number of allylic oxidation sites excluding steroid dienone is 15. The summed E-state index contributed by atoms with van der Waals surface area (Å²) in [5.41, 5.74) is 0. The summed E-state index contributed by atoms with van der Waals surface area (Å²) in [6.45, 7) is 6.84. The Morgan fingerprint density at radius 1 is 0.474 bits per heavy atom. The molecule has 1 amide bonds. The molecule has 0 aliphatic rings. The predicted octanol–water partition coefficient (Wildman–Crippen LogP) is 19.2. The van der Waals surface area contributed by atoms with Gasteiger partial charge in [0.05, 0.1) is 33.8 Å². The van der Waals surface area contributed by atoms with Crippen LogP contribution in [0.4, 0.5) is 0 Å². The van der Waals surface area contributed by atoms with Gasteiger partial charge in [-0.05, 0) is 109 Å². The minimum atomic E-state index is -4.46. The molecule has 0 aliphatic heterocycles. The van der Waals surface area contributed by atoms with Gasteiger partial charge in [-0.15, -0.1) is 0 Å². The van der Waals surface area contributed by atoms with Gasteiger partial charge in [0.15, 0.2) is 0 Å². The van der Waals surface area contributed by atoms with Crippen LogP contribution in [-0.4, -0.2) is 74.3 Å². The smallest absolute Gasteiger partial charge is 0.456 e. The second kappa shape index (κ2) is 55.3. The van der Waals surface area contributed by atoms with Crippen molar-refractivity contribution in [2.45, 2.75) is 270 Å². The summed E-state index contributed by atoms with van der Waals surface area (Å²) >= 11 is 0. The van der Waals surface area contributed by atoms with Crippen molar-refractivity contribution in [3.8, 4) is 0 Å². The zero-order chi connectivity index (χ0) is 55.7. The third-order valence-electron chi connectivity index (χ3n) is 13.3. The molecule has 0 saturated carbocycles. The van der Waals surface area contributed by atoms with Crippen molar-refractivity contribution >= 4 is 19.7 Å². The summed E-state index contributed by atoms with van der Waals surface area (Å²) < 4.78 is 30.7. The number of carbonyl (C=O) groups is 2. The van der Waals surface area contributed by atoms with E-state index in [1.165, 1.54) is 103 Å². The van der Waals surface area contributed by atoms with Gasteiger partial charge in [-0.2, -0.15) is 0 Å². The molecule has 0 aromatic rings. The normalized spacial score (nSPS) is 14.4. The summed E-state index contributed by atoms with van der Waals surface area (Å²) in [5, 5.41) is 3.04. The van der Waals surface area contributed by atoms with Crippen molar-refractivity contribution in [1.29, 1.82) is 0 Å². The van der Waals surface area contributed by atoms with Crippen LogP contribution in [0.15, 0.2) is 97.2 Å². The fourth-order valence-corrected chi connectivity index (χ4v) is 9.20. The Hall–Kier alpha value is -3.07. The molecule has 9 nitrogen and oxygen atoms in total. The number of nitrogens with one attached hydrogen (secondary N) is 1. The van der Waals surface area contributed by atoms with E-state index < -0.39 is 20.0 Å². The molecule has 0 heterocycles. The van der Waals surface area contributed by atoms with Crippen LogP contribution in [0.2, 0.25) is 0 Å². The Morgan fingerprint density at radius 3 is 1.29 bits per heavy atom. The molecule has 0 saturated heterocycles. The minimum Gasteiger partial charge on any atom is -0.456 e. The first kappa shape index (κ1) is 72.9. The zero-order valence-corrected chi connectivity index (χ0v) is 50.9. The van der Waals surface area contributed by atoms with Gasteiger partial charge in [-0.25, -0.2) is 4.57 Å². The van der Waals surface area contributed by atoms with E-state index in [4.69, 9.17) is 13.8 Å². The molecule has 3 atom stereocenters. The van der Waals surface area contributed by atoms with E-state index in [1.807, 2.05) is 33.3 Å². The van der Waals surface area contributed by atoms with Crippen LogP contribution in [0, 0.1) is 0 Å². The number of carbonyl (C=O) groups excluding carboxylic acids is 2. The van der Waals surface area contributed by atoms with Crippen molar-refractivity contribution in [3.63, 3.8) is 0 Å². The molecule has 0 radical (unpaired) electrons. The maximum absolute atomic E-state index is 13.5. The van der Waals surface area contributed by atoms with Crippen LogP contribution < -0.4 is 5.32 Å². The third kappa shape index (κ3) is 55.7. The van der Waals surface area contributed by atoms with Crippen molar-refractivity contribution in [2.24, 2.45) is 0 Å². The number of hydrogen-bond donors (Lipinski definition) is 2. The van der Waals surface area contributed by atoms with Crippen LogP contribution in [0.3, 0.4) is 0 Å². The van der Waals surface area contributed by atoms with Gasteiger partial charge in [0, 0.05) is 12.8 Å². The molecule has 0 fully saturated rings. The third-order valence-corrected chi connectivity index (χ3v) is 14.2. The number of quaternary nitrogens is 1.